The second kappa shape index (κ2) is 6.09. The van der Waals surface area contributed by atoms with Crippen LogP contribution in [0, 0.1) is 0 Å². The van der Waals surface area contributed by atoms with E-state index in [1.165, 1.54) is 11.8 Å². The zero-order valence-electron chi connectivity index (χ0n) is 11.5. The van der Waals surface area contributed by atoms with E-state index in [-0.39, 0.29) is 5.56 Å². The molecule has 1 atom stereocenters. The second-order valence-electron chi connectivity index (χ2n) is 4.53. The number of amides is 1. The van der Waals surface area contributed by atoms with Crippen molar-refractivity contribution in [3.8, 4) is 0 Å². The molecule has 1 amide bonds. The van der Waals surface area contributed by atoms with E-state index >= 15 is 0 Å². The maximum atomic E-state index is 12.5. The predicted molar refractivity (Wildman–Crippen MR) is 80.8 cm³/mol. The van der Waals surface area contributed by atoms with Crippen molar-refractivity contribution in [3.63, 3.8) is 0 Å². The molecule has 0 bridgehead atoms. The Morgan fingerprint density at radius 3 is 2.80 bits per heavy atom. The van der Waals surface area contributed by atoms with E-state index < -0.39 is 11.2 Å². The summed E-state index contributed by atoms with van der Waals surface area (Å²) >= 11 is 1.22. The summed E-state index contributed by atoms with van der Waals surface area (Å²) in [4.78, 5) is 28.2. The van der Waals surface area contributed by atoms with Crippen molar-refractivity contribution in [2.24, 2.45) is 5.73 Å². The first-order valence-electron chi connectivity index (χ1n) is 6.50. The Hall–Kier alpha value is -1.82. The Morgan fingerprint density at radius 1 is 1.45 bits per heavy atom. The van der Waals surface area contributed by atoms with E-state index in [4.69, 9.17) is 5.73 Å². The number of hydrogen-bond acceptors (Lipinski definition) is 4. The molecule has 1 aromatic carbocycles. The van der Waals surface area contributed by atoms with Gasteiger partial charge < -0.3 is 5.73 Å². The van der Waals surface area contributed by atoms with Crippen molar-refractivity contribution in [2.75, 3.05) is 0 Å². The Bertz CT molecular complexity index is 696. The molecule has 0 aliphatic rings. The number of nitrogens with zero attached hydrogens (tertiary/aromatic N) is 2. The molecule has 0 spiro atoms. The van der Waals surface area contributed by atoms with E-state index in [1.54, 1.807) is 23.6 Å². The van der Waals surface area contributed by atoms with Gasteiger partial charge in [-0.05, 0) is 25.5 Å². The maximum Gasteiger partial charge on any atom is 0.262 e. The highest BCUT2D eigenvalue weighted by molar-refractivity contribution is 8.00. The third-order valence-electron chi connectivity index (χ3n) is 2.96. The highest BCUT2D eigenvalue weighted by atomic mass is 32.2. The van der Waals surface area contributed by atoms with Gasteiger partial charge in [0.1, 0.15) is 0 Å². The summed E-state index contributed by atoms with van der Waals surface area (Å²) in [6.45, 7) is 4.28. The van der Waals surface area contributed by atoms with Crippen LogP contribution in [0.2, 0.25) is 0 Å². The van der Waals surface area contributed by atoms with E-state index in [2.05, 4.69) is 4.98 Å². The second-order valence-corrected chi connectivity index (χ2v) is 5.84. The lowest BCUT2D eigenvalue weighted by molar-refractivity contribution is -0.117. The summed E-state index contributed by atoms with van der Waals surface area (Å²) in [6, 6.07) is 7.22. The number of benzene rings is 1. The Balaban J connectivity index is 2.59. The molecule has 0 unspecified atom stereocenters. The number of rotatable bonds is 5. The van der Waals surface area contributed by atoms with Crippen molar-refractivity contribution < 1.29 is 4.79 Å². The van der Waals surface area contributed by atoms with Gasteiger partial charge >= 0.3 is 0 Å². The first kappa shape index (κ1) is 14.6. The van der Waals surface area contributed by atoms with Crippen molar-refractivity contribution >= 4 is 28.6 Å². The van der Waals surface area contributed by atoms with Crippen molar-refractivity contribution in [1.29, 1.82) is 0 Å². The minimum Gasteiger partial charge on any atom is -0.369 e. The molecule has 1 aromatic heterocycles. The first-order valence-corrected chi connectivity index (χ1v) is 7.38. The monoisotopic (exact) mass is 291 g/mol. The van der Waals surface area contributed by atoms with Crippen LogP contribution >= 0.6 is 11.8 Å². The number of aromatic nitrogens is 2. The number of nitrogens with two attached hydrogens (primary N) is 1. The third kappa shape index (κ3) is 2.85. The van der Waals surface area contributed by atoms with E-state index in [0.717, 1.165) is 6.42 Å². The maximum absolute atomic E-state index is 12.5. The van der Waals surface area contributed by atoms with Gasteiger partial charge in [0.15, 0.2) is 5.16 Å². The van der Waals surface area contributed by atoms with Crippen LogP contribution < -0.4 is 11.3 Å². The minimum absolute atomic E-state index is 0.0726. The molecule has 0 aliphatic carbocycles. The highest BCUT2D eigenvalue weighted by Crippen LogP contribution is 2.22. The average molecular weight is 291 g/mol. The number of carbonyl (C=O) groups is 1. The molecule has 106 valence electrons. The molecule has 0 aliphatic heterocycles. The predicted octanol–water partition coefficient (Wildman–Crippen LogP) is 1.77. The lowest BCUT2D eigenvalue weighted by Gasteiger charge is -2.14. The van der Waals surface area contributed by atoms with Gasteiger partial charge in [-0.1, -0.05) is 30.8 Å². The molecule has 0 fully saturated rings. The summed E-state index contributed by atoms with van der Waals surface area (Å²) in [5.74, 6) is -0.416. The van der Waals surface area contributed by atoms with Crippen molar-refractivity contribution in [2.45, 2.75) is 37.2 Å². The smallest absolute Gasteiger partial charge is 0.262 e. The van der Waals surface area contributed by atoms with E-state index in [0.29, 0.717) is 22.6 Å². The van der Waals surface area contributed by atoms with Crippen LogP contribution in [0.5, 0.6) is 0 Å². The number of para-hydroxylation sites is 1. The standard InChI is InChI=1S/C14H17N3O2S/c1-3-8-17-13(19)10-6-4-5-7-11(10)16-14(17)20-9(2)12(15)18/h4-7,9H,3,8H2,1-2H3,(H2,15,18)/t9-/m0/s1. The first-order chi connectivity index (χ1) is 9.54. The molecule has 0 saturated carbocycles. The van der Waals surface area contributed by atoms with Crippen LogP contribution in [0.4, 0.5) is 0 Å². The van der Waals surface area contributed by atoms with E-state index in [9.17, 15) is 9.59 Å². The van der Waals surface area contributed by atoms with E-state index in [1.807, 2.05) is 19.1 Å². The largest absolute Gasteiger partial charge is 0.369 e. The molecule has 20 heavy (non-hydrogen) atoms. The van der Waals surface area contributed by atoms with Crippen LogP contribution in [-0.4, -0.2) is 20.7 Å². The molecule has 2 rings (SSSR count). The fraction of sp³-hybridized carbons (Fsp3) is 0.357. The summed E-state index contributed by atoms with van der Waals surface area (Å²) in [5.41, 5.74) is 5.85. The molecular weight excluding hydrogens is 274 g/mol. The topological polar surface area (TPSA) is 78.0 Å². The van der Waals surface area contributed by atoms with Gasteiger partial charge in [0.2, 0.25) is 5.91 Å². The Labute approximate surface area is 121 Å². The van der Waals surface area contributed by atoms with Gasteiger partial charge in [0.05, 0.1) is 16.2 Å². The normalized spacial score (nSPS) is 12.5. The highest BCUT2D eigenvalue weighted by Gasteiger charge is 2.16. The molecule has 1 heterocycles. The van der Waals surface area contributed by atoms with Crippen molar-refractivity contribution in [1.82, 2.24) is 9.55 Å². The SMILES string of the molecule is CCCn1c(S[C@@H](C)C(N)=O)nc2ccccc2c1=O. The number of carbonyl (C=O) groups excluding carboxylic acids is 1. The Morgan fingerprint density at radius 2 is 2.15 bits per heavy atom. The lowest BCUT2D eigenvalue weighted by Crippen LogP contribution is -2.27. The summed E-state index contributed by atoms with van der Waals surface area (Å²) in [6.07, 6.45) is 0.818. The molecule has 0 saturated heterocycles. The fourth-order valence-corrected chi connectivity index (χ4v) is 2.76. The van der Waals surface area contributed by atoms with Crippen LogP contribution in [0.3, 0.4) is 0 Å². The quantitative estimate of drug-likeness (QED) is 0.672. The molecule has 2 N–H and O–H groups in total. The zero-order chi connectivity index (χ0) is 14.7. The molecule has 6 heteroatoms. The Kier molecular flexibility index (Phi) is 4.44. The molecular formula is C14H17N3O2S. The number of fused-ring (bicyclic) bond motifs is 1. The molecule has 0 radical (unpaired) electrons. The summed E-state index contributed by atoms with van der Waals surface area (Å²) < 4.78 is 1.62. The van der Waals surface area contributed by atoms with Gasteiger partial charge in [0.25, 0.3) is 5.56 Å². The van der Waals surface area contributed by atoms with Gasteiger partial charge in [0, 0.05) is 6.54 Å². The van der Waals surface area contributed by atoms with Crippen LogP contribution in [-0.2, 0) is 11.3 Å². The summed E-state index contributed by atoms with van der Waals surface area (Å²) in [5, 5.41) is 0.713. The zero-order valence-corrected chi connectivity index (χ0v) is 12.3. The van der Waals surface area contributed by atoms with Crippen LogP contribution in [0.1, 0.15) is 20.3 Å². The third-order valence-corrected chi connectivity index (χ3v) is 4.07. The van der Waals surface area contributed by atoms with Gasteiger partial charge in [-0.3, -0.25) is 14.2 Å². The fourth-order valence-electron chi connectivity index (χ4n) is 1.87. The number of thioether (sulfide) groups is 1. The average Bonchev–Trinajstić information content (AvgIpc) is 2.43. The minimum atomic E-state index is -0.425. The van der Waals surface area contributed by atoms with Crippen LogP contribution in [0.15, 0.2) is 34.2 Å². The summed E-state index contributed by atoms with van der Waals surface area (Å²) in [7, 11) is 0. The lowest BCUT2D eigenvalue weighted by atomic mass is 10.2. The van der Waals surface area contributed by atoms with Gasteiger partial charge in [-0.15, -0.1) is 0 Å². The molecule has 5 nitrogen and oxygen atoms in total. The number of hydrogen-bond donors (Lipinski definition) is 1. The van der Waals surface area contributed by atoms with Crippen molar-refractivity contribution in [3.05, 3.63) is 34.6 Å². The molecule has 2 aromatic rings. The number of primary amides is 1. The van der Waals surface area contributed by atoms with Crippen LogP contribution in [0.25, 0.3) is 10.9 Å². The van der Waals surface area contributed by atoms with Gasteiger partial charge in [-0.2, -0.15) is 0 Å². The van der Waals surface area contributed by atoms with Gasteiger partial charge in [-0.25, -0.2) is 4.98 Å².